The fourth-order valence-electron chi connectivity index (χ4n) is 0.812. The van der Waals surface area contributed by atoms with Crippen LogP contribution in [0.25, 0.3) is 0 Å². The second-order valence-electron chi connectivity index (χ2n) is 2.91. The molecule has 0 radical (unpaired) electrons. The number of ether oxygens (including phenoxy) is 1. The molecule has 0 N–H and O–H groups in total. The molecular formula is C9H11FO3S. The molecule has 3 nitrogen and oxygen atoms in total. The summed E-state index contributed by atoms with van der Waals surface area (Å²) in [5.74, 6) is 0.531. The topological polar surface area (TPSA) is 43.4 Å². The molecule has 1 rings (SSSR count). The van der Waals surface area contributed by atoms with Crippen LogP contribution in [-0.4, -0.2) is 20.3 Å². The molecule has 0 spiro atoms. The van der Waals surface area contributed by atoms with Crippen LogP contribution < -0.4 is 4.74 Å². The average Bonchev–Trinajstić information content (AvgIpc) is 2.14. The maximum absolute atomic E-state index is 12.4. The van der Waals surface area contributed by atoms with Crippen molar-refractivity contribution in [1.29, 1.82) is 0 Å². The molecule has 0 aromatic heterocycles. The van der Waals surface area contributed by atoms with Gasteiger partial charge in [0.1, 0.15) is 17.6 Å². The zero-order valence-electron chi connectivity index (χ0n) is 7.68. The Morgan fingerprint density at radius 2 is 1.93 bits per heavy atom. The summed E-state index contributed by atoms with van der Waals surface area (Å²) in [6.45, 7) is 1.08. The third-order valence-electron chi connectivity index (χ3n) is 1.71. The van der Waals surface area contributed by atoms with Crippen molar-refractivity contribution in [1.82, 2.24) is 0 Å². The van der Waals surface area contributed by atoms with E-state index in [1.54, 1.807) is 24.3 Å². The van der Waals surface area contributed by atoms with Gasteiger partial charge < -0.3 is 4.74 Å². The van der Waals surface area contributed by atoms with E-state index in [9.17, 15) is 12.3 Å². The number of hydrogen-bond donors (Lipinski definition) is 0. The zero-order chi connectivity index (χ0) is 10.6. The Hall–Kier alpha value is -1.10. The number of para-hydroxylation sites is 1. The SMILES string of the molecule is CC(COc1ccccc1)S(=O)(=O)F. The maximum atomic E-state index is 12.4. The lowest BCUT2D eigenvalue weighted by Gasteiger charge is -2.08. The van der Waals surface area contributed by atoms with Gasteiger partial charge in [0.2, 0.25) is 0 Å². The van der Waals surface area contributed by atoms with Crippen LogP contribution in [-0.2, 0) is 10.2 Å². The van der Waals surface area contributed by atoms with Gasteiger partial charge in [-0.1, -0.05) is 18.2 Å². The minimum atomic E-state index is -4.50. The highest BCUT2D eigenvalue weighted by molar-refractivity contribution is 7.87. The lowest BCUT2D eigenvalue weighted by molar-refractivity contribution is 0.314. The molecule has 1 atom stereocenters. The van der Waals surface area contributed by atoms with Gasteiger partial charge in [-0.3, -0.25) is 0 Å². The van der Waals surface area contributed by atoms with Gasteiger partial charge in [0, 0.05) is 0 Å². The van der Waals surface area contributed by atoms with E-state index in [0.29, 0.717) is 5.75 Å². The molecule has 1 aromatic rings. The van der Waals surface area contributed by atoms with E-state index in [1.165, 1.54) is 6.92 Å². The first-order valence-corrected chi connectivity index (χ1v) is 5.56. The minimum absolute atomic E-state index is 0.178. The highest BCUT2D eigenvalue weighted by Crippen LogP contribution is 2.11. The third-order valence-corrected chi connectivity index (χ3v) is 2.81. The highest BCUT2D eigenvalue weighted by Gasteiger charge is 2.19. The predicted octanol–water partition coefficient (Wildman–Crippen LogP) is 1.75. The van der Waals surface area contributed by atoms with Crippen LogP contribution in [0.3, 0.4) is 0 Å². The molecule has 0 fully saturated rings. The molecule has 0 bridgehead atoms. The van der Waals surface area contributed by atoms with Crippen molar-refractivity contribution >= 4 is 10.2 Å². The monoisotopic (exact) mass is 218 g/mol. The number of halogens is 1. The Balaban J connectivity index is 2.50. The van der Waals surface area contributed by atoms with Gasteiger partial charge in [-0.2, -0.15) is 8.42 Å². The first-order valence-electron chi connectivity index (χ1n) is 4.11. The van der Waals surface area contributed by atoms with E-state index in [1.807, 2.05) is 6.07 Å². The van der Waals surface area contributed by atoms with Gasteiger partial charge in [-0.15, -0.1) is 3.89 Å². The summed E-state index contributed by atoms with van der Waals surface area (Å²) in [6.07, 6.45) is 0. The molecule has 14 heavy (non-hydrogen) atoms. The van der Waals surface area contributed by atoms with Crippen molar-refractivity contribution in [3.8, 4) is 5.75 Å². The second kappa shape index (κ2) is 4.41. The molecule has 0 aliphatic rings. The van der Waals surface area contributed by atoms with E-state index < -0.39 is 15.5 Å². The Kier molecular flexibility index (Phi) is 3.46. The summed E-state index contributed by atoms with van der Waals surface area (Å²) >= 11 is 0. The van der Waals surface area contributed by atoms with Gasteiger partial charge in [0.25, 0.3) is 0 Å². The van der Waals surface area contributed by atoms with E-state index in [2.05, 4.69) is 0 Å². The van der Waals surface area contributed by atoms with Crippen LogP contribution in [0, 0.1) is 0 Å². The number of hydrogen-bond acceptors (Lipinski definition) is 3. The van der Waals surface area contributed by atoms with Gasteiger partial charge in [-0.25, -0.2) is 0 Å². The molecule has 1 aromatic carbocycles. The third kappa shape index (κ3) is 3.33. The Labute approximate surface area is 82.7 Å². The Morgan fingerprint density at radius 3 is 2.43 bits per heavy atom. The fraction of sp³-hybridized carbons (Fsp3) is 0.333. The summed E-state index contributed by atoms with van der Waals surface area (Å²) in [5, 5.41) is -1.14. The second-order valence-corrected chi connectivity index (χ2v) is 4.67. The van der Waals surface area contributed by atoms with Crippen molar-refractivity contribution < 1.29 is 17.0 Å². The van der Waals surface area contributed by atoms with Gasteiger partial charge in [0.05, 0.1) is 0 Å². The lowest BCUT2D eigenvalue weighted by Crippen LogP contribution is -2.21. The standard InChI is InChI=1S/C9H11FO3S/c1-8(14(10,11)12)7-13-9-5-3-2-4-6-9/h2-6,8H,7H2,1H3. The number of rotatable bonds is 4. The van der Waals surface area contributed by atoms with Crippen molar-refractivity contribution in [2.45, 2.75) is 12.2 Å². The summed E-state index contributed by atoms with van der Waals surface area (Å²) in [6, 6.07) is 8.67. The molecule has 78 valence electrons. The molecule has 0 heterocycles. The van der Waals surface area contributed by atoms with Crippen molar-refractivity contribution in [2.24, 2.45) is 0 Å². The van der Waals surface area contributed by atoms with Gasteiger partial charge in [0.15, 0.2) is 0 Å². The van der Waals surface area contributed by atoms with E-state index in [4.69, 9.17) is 4.74 Å². The van der Waals surface area contributed by atoms with Crippen LogP contribution in [0.4, 0.5) is 3.89 Å². The largest absolute Gasteiger partial charge is 0.492 e. The first kappa shape index (κ1) is 11.0. The Bertz CT molecular complexity index is 374. The van der Waals surface area contributed by atoms with Crippen molar-refractivity contribution in [3.63, 3.8) is 0 Å². The normalized spacial score (nSPS) is 13.6. The predicted molar refractivity (Wildman–Crippen MR) is 51.4 cm³/mol. The minimum Gasteiger partial charge on any atom is -0.492 e. The molecule has 0 aliphatic carbocycles. The molecule has 1 unspecified atom stereocenters. The van der Waals surface area contributed by atoms with Crippen LogP contribution in [0.1, 0.15) is 6.92 Å². The number of benzene rings is 1. The van der Waals surface area contributed by atoms with Crippen LogP contribution >= 0.6 is 0 Å². The van der Waals surface area contributed by atoms with Gasteiger partial charge >= 0.3 is 10.2 Å². The maximum Gasteiger partial charge on any atom is 0.308 e. The summed E-state index contributed by atoms with van der Waals surface area (Å²) in [7, 11) is -4.50. The van der Waals surface area contributed by atoms with Gasteiger partial charge in [-0.05, 0) is 19.1 Å². The van der Waals surface area contributed by atoms with Crippen molar-refractivity contribution in [3.05, 3.63) is 30.3 Å². The highest BCUT2D eigenvalue weighted by atomic mass is 32.3. The van der Waals surface area contributed by atoms with Crippen molar-refractivity contribution in [2.75, 3.05) is 6.61 Å². The van der Waals surface area contributed by atoms with Crippen LogP contribution in [0.2, 0.25) is 0 Å². The molecule has 0 saturated carbocycles. The molecule has 0 saturated heterocycles. The molecule has 0 aliphatic heterocycles. The van der Waals surface area contributed by atoms with Crippen LogP contribution in [0.15, 0.2) is 30.3 Å². The summed E-state index contributed by atoms with van der Waals surface area (Å²) in [4.78, 5) is 0. The zero-order valence-corrected chi connectivity index (χ0v) is 8.50. The van der Waals surface area contributed by atoms with Crippen LogP contribution in [0.5, 0.6) is 5.75 Å². The molecule has 5 heteroatoms. The smallest absolute Gasteiger partial charge is 0.308 e. The molecule has 0 amide bonds. The first-order chi connectivity index (χ1) is 6.50. The van der Waals surface area contributed by atoms with E-state index in [-0.39, 0.29) is 6.61 Å². The summed E-state index contributed by atoms with van der Waals surface area (Å²) in [5.41, 5.74) is 0. The lowest BCUT2D eigenvalue weighted by atomic mass is 10.3. The average molecular weight is 218 g/mol. The van der Waals surface area contributed by atoms with E-state index in [0.717, 1.165) is 0 Å². The quantitative estimate of drug-likeness (QED) is 0.723. The van der Waals surface area contributed by atoms with E-state index >= 15 is 0 Å². The molecular weight excluding hydrogens is 207 g/mol. The Morgan fingerprint density at radius 1 is 1.36 bits per heavy atom. The summed E-state index contributed by atoms with van der Waals surface area (Å²) < 4.78 is 38.3. The fourth-order valence-corrected chi connectivity index (χ4v) is 1.04.